The number of hydrogen-bond donors (Lipinski definition) is 1. The molecule has 0 aliphatic heterocycles. The molecule has 0 bridgehead atoms. The first-order valence-electron chi connectivity index (χ1n) is 6.48. The molecule has 0 fully saturated rings. The first kappa shape index (κ1) is 14.8. The maximum absolute atomic E-state index is 12.9. The maximum Gasteiger partial charge on any atom is 0.123 e. The van der Waals surface area contributed by atoms with Gasteiger partial charge in [0.15, 0.2) is 0 Å². The van der Waals surface area contributed by atoms with Crippen molar-refractivity contribution in [3.05, 3.63) is 64.4 Å². The summed E-state index contributed by atoms with van der Waals surface area (Å²) in [4.78, 5) is 2.03. The predicted molar refractivity (Wildman–Crippen MR) is 82.6 cm³/mol. The SMILES string of the molecule is C[C@H](N)c1ccc(N(C)Cc2ccc(F)cc2)c(Cl)c1. The van der Waals surface area contributed by atoms with Gasteiger partial charge in [-0.1, -0.05) is 29.8 Å². The molecule has 0 aliphatic carbocycles. The fraction of sp³-hybridized carbons (Fsp3) is 0.250. The first-order chi connectivity index (χ1) is 9.47. The number of anilines is 1. The summed E-state index contributed by atoms with van der Waals surface area (Å²) in [6, 6.07) is 12.3. The topological polar surface area (TPSA) is 29.3 Å². The van der Waals surface area contributed by atoms with Crippen molar-refractivity contribution in [2.75, 3.05) is 11.9 Å². The van der Waals surface area contributed by atoms with E-state index in [2.05, 4.69) is 0 Å². The van der Waals surface area contributed by atoms with Gasteiger partial charge < -0.3 is 10.6 Å². The van der Waals surface area contributed by atoms with Gasteiger partial charge in [0.2, 0.25) is 0 Å². The molecule has 0 spiro atoms. The molecule has 0 saturated heterocycles. The largest absolute Gasteiger partial charge is 0.369 e. The third-order valence-electron chi connectivity index (χ3n) is 3.24. The molecule has 2 aromatic carbocycles. The molecule has 2 rings (SSSR count). The Labute approximate surface area is 124 Å². The lowest BCUT2D eigenvalue weighted by atomic mass is 10.1. The number of halogens is 2. The molecule has 0 unspecified atom stereocenters. The molecule has 0 saturated carbocycles. The minimum absolute atomic E-state index is 0.0380. The minimum atomic E-state index is -0.226. The van der Waals surface area contributed by atoms with Crippen molar-refractivity contribution in [2.45, 2.75) is 19.5 Å². The van der Waals surface area contributed by atoms with Gasteiger partial charge in [0.25, 0.3) is 0 Å². The summed E-state index contributed by atoms with van der Waals surface area (Å²) < 4.78 is 12.9. The minimum Gasteiger partial charge on any atom is -0.369 e. The standard InChI is InChI=1S/C16H18ClFN2/c1-11(19)13-5-8-16(15(17)9-13)20(2)10-12-3-6-14(18)7-4-12/h3-9,11H,10,19H2,1-2H3/t11-/m0/s1. The molecule has 0 aromatic heterocycles. The lowest BCUT2D eigenvalue weighted by Gasteiger charge is -2.21. The van der Waals surface area contributed by atoms with Crippen LogP contribution >= 0.6 is 11.6 Å². The van der Waals surface area contributed by atoms with E-state index in [9.17, 15) is 4.39 Å². The highest BCUT2D eigenvalue weighted by atomic mass is 35.5. The summed E-state index contributed by atoms with van der Waals surface area (Å²) in [5.74, 6) is -0.226. The van der Waals surface area contributed by atoms with E-state index in [1.165, 1.54) is 12.1 Å². The van der Waals surface area contributed by atoms with E-state index in [0.717, 1.165) is 16.8 Å². The Kier molecular flexibility index (Phi) is 4.63. The summed E-state index contributed by atoms with van der Waals surface area (Å²) in [7, 11) is 1.95. The zero-order valence-corrected chi connectivity index (χ0v) is 12.4. The Bertz CT molecular complexity index is 582. The zero-order chi connectivity index (χ0) is 14.7. The maximum atomic E-state index is 12.9. The van der Waals surface area contributed by atoms with Crippen LogP contribution in [0.3, 0.4) is 0 Å². The highest BCUT2D eigenvalue weighted by Gasteiger charge is 2.09. The molecule has 106 valence electrons. The number of nitrogens with zero attached hydrogens (tertiary/aromatic N) is 1. The molecule has 2 nitrogen and oxygen atoms in total. The Morgan fingerprint density at radius 1 is 1.20 bits per heavy atom. The second-order valence-electron chi connectivity index (χ2n) is 4.98. The molecule has 1 atom stereocenters. The van der Waals surface area contributed by atoms with Crippen molar-refractivity contribution < 1.29 is 4.39 Å². The van der Waals surface area contributed by atoms with Crippen LogP contribution in [0.15, 0.2) is 42.5 Å². The Morgan fingerprint density at radius 2 is 1.85 bits per heavy atom. The molecule has 2 N–H and O–H groups in total. The van der Waals surface area contributed by atoms with E-state index >= 15 is 0 Å². The van der Waals surface area contributed by atoms with Gasteiger partial charge in [-0.25, -0.2) is 4.39 Å². The molecule has 0 aliphatic rings. The number of nitrogens with two attached hydrogens (primary N) is 1. The lowest BCUT2D eigenvalue weighted by molar-refractivity contribution is 0.627. The van der Waals surface area contributed by atoms with Crippen LogP contribution in [0.2, 0.25) is 5.02 Å². The fourth-order valence-electron chi connectivity index (χ4n) is 2.06. The summed E-state index contributed by atoms with van der Waals surface area (Å²) >= 11 is 6.30. The van der Waals surface area contributed by atoms with Gasteiger partial charge in [-0.15, -0.1) is 0 Å². The van der Waals surface area contributed by atoms with Gasteiger partial charge in [-0.2, -0.15) is 0 Å². The van der Waals surface area contributed by atoms with Crippen LogP contribution in [0.5, 0.6) is 0 Å². The lowest BCUT2D eigenvalue weighted by Crippen LogP contribution is -2.17. The van der Waals surface area contributed by atoms with Crippen LogP contribution in [0.4, 0.5) is 10.1 Å². The molecule has 0 radical (unpaired) electrons. The van der Waals surface area contributed by atoms with E-state index in [0.29, 0.717) is 11.6 Å². The zero-order valence-electron chi connectivity index (χ0n) is 11.6. The van der Waals surface area contributed by atoms with Gasteiger partial charge in [-0.05, 0) is 42.3 Å². The number of hydrogen-bond acceptors (Lipinski definition) is 2. The van der Waals surface area contributed by atoms with E-state index in [-0.39, 0.29) is 11.9 Å². The van der Waals surface area contributed by atoms with Gasteiger partial charge in [0.05, 0.1) is 10.7 Å². The van der Waals surface area contributed by atoms with Crippen molar-refractivity contribution in [2.24, 2.45) is 5.73 Å². The van der Waals surface area contributed by atoms with Gasteiger partial charge in [0.1, 0.15) is 5.82 Å². The van der Waals surface area contributed by atoms with Crippen LogP contribution in [-0.4, -0.2) is 7.05 Å². The Balaban J connectivity index is 2.16. The average Bonchev–Trinajstić information content (AvgIpc) is 2.41. The number of benzene rings is 2. The second-order valence-corrected chi connectivity index (χ2v) is 5.39. The molecule has 0 heterocycles. The quantitative estimate of drug-likeness (QED) is 0.918. The highest BCUT2D eigenvalue weighted by Crippen LogP contribution is 2.28. The Hall–Kier alpha value is -1.58. The van der Waals surface area contributed by atoms with Gasteiger partial charge in [0, 0.05) is 19.6 Å². The predicted octanol–water partition coefficient (Wildman–Crippen LogP) is 4.14. The third-order valence-corrected chi connectivity index (χ3v) is 3.54. The van der Waals surface area contributed by atoms with Gasteiger partial charge >= 0.3 is 0 Å². The summed E-state index contributed by atoms with van der Waals surface area (Å²) in [6.45, 7) is 2.59. The van der Waals surface area contributed by atoms with Crippen molar-refractivity contribution in [1.82, 2.24) is 0 Å². The normalized spacial score (nSPS) is 12.2. The third kappa shape index (κ3) is 3.50. The molecule has 20 heavy (non-hydrogen) atoms. The van der Waals surface area contributed by atoms with Crippen LogP contribution < -0.4 is 10.6 Å². The average molecular weight is 293 g/mol. The molecule has 2 aromatic rings. The highest BCUT2D eigenvalue weighted by molar-refractivity contribution is 6.33. The van der Waals surface area contributed by atoms with Gasteiger partial charge in [-0.3, -0.25) is 0 Å². The van der Waals surface area contributed by atoms with Crippen LogP contribution in [0, 0.1) is 5.82 Å². The summed E-state index contributed by atoms with van der Waals surface area (Å²) in [5.41, 5.74) is 8.81. The van der Waals surface area contributed by atoms with Crippen molar-refractivity contribution in [1.29, 1.82) is 0 Å². The van der Waals surface area contributed by atoms with Crippen LogP contribution in [-0.2, 0) is 6.54 Å². The fourth-order valence-corrected chi connectivity index (χ4v) is 2.40. The van der Waals surface area contributed by atoms with Crippen molar-refractivity contribution in [3.63, 3.8) is 0 Å². The van der Waals surface area contributed by atoms with E-state index in [4.69, 9.17) is 17.3 Å². The summed E-state index contributed by atoms with van der Waals surface area (Å²) in [6.07, 6.45) is 0. The van der Waals surface area contributed by atoms with E-state index in [1.54, 1.807) is 12.1 Å². The van der Waals surface area contributed by atoms with Crippen LogP contribution in [0.25, 0.3) is 0 Å². The molecule has 4 heteroatoms. The van der Waals surface area contributed by atoms with E-state index < -0.39 is 0 Å². The Morgan fingerprint density at radius 3 is 2.40 bits per heavy atom. The second kappa shape index (κ2) is 6.25. The molecular formula is C16H18ClFN2. The van der Waals surface area contributed by atoms with Crippen molar-refractivity contribution >= 4 is 17.3 Å². The molecular weight excluding hydrogens is 275 g/mol. The van der Waals surface area contributed by atoms with Crippen LogP contribution in [0.1, 0.15) is 24.1 Å². The smallest absolute Gasteiger partial charge is 0.123 e. The number of rotatable bonds is 4. The monoisotopic (exact) mass is 292 g/mol. The first-order valence-corrected chi connectivity index (χ1v) is 6.86. The van der Waals surface area contributed by atoms with E-state index in [1.807, 2.05) is 37.1 Å². The van der Waals surface area contributed by atoms with Crippen molar-refractivity contribution in [3.8, 4) is 0 Å². The summed E-state index contributed by atoms with van der Waals surface area (Å²) in [5, 5.41) is 0.671. The molecule has 0 amide bonds.